The van der Waals surface area contributed by atoms with E-state index in [2.05, 4.69) is 40.6 Å². The number of likely N-dealkylation sites (tertiary alicyclic amines) is 1. The van der Waals surface area contributed by atoms with Gasteiger partial charge in [-0.15, -0.1) is 0 Å². The van der Waals surface area contributed by atoms with Crippen molar-refractivity contribution in [3.63, 3.8) is 0 Å². The minimum atomic E-state index is -0.108. The van der Waals surface area contributed by atoms with Gasteiger partial charge in [-0.1, -0.05) is 24.3 Å². The molecule has 0 unspecified atom stereocenters. The van der Waals surface area contributed by atoms with Crippen molar-refractivity contribution in [3.05, 3.63) is 41.5 Å². The molecule has 0 bridgehead atoms. The van der Waals surface area contributed by atoms with Crippen LogP contribution in [0.25, 0.3) is 0 Å². The summed E-state index contributed by atoms with van der Waals surface area (Å²) in [5.41, 5.74) is 3.87. The molecule has 0 spiro atoms. The van der Waals surface area contributed by atoms with E-state index in [1.165, 1.54) is 16.8 Å². The van der Waals surface area contributed by atoms with Gasteiger partial charge in [0.1, 0.15) is 0 Å². The van der Waals surface area contributed by atoms with Gasteiger partial charge in [0.25, 0.3) is 0 Å². The monoisotopic (exact) mass is 302 g/mol. The Bertz CT molecular complexity index is 508. The molecular formula is C18H26N2O2. The standard InChI is InChI=1S/C18H26N2O2/c21-17-7-9-20(10-8-17)13-16-5-1-2-6-18(16)19-12-15-4-3-11-22-14-15/h1-2,4-6,17,19,21H,3,7-14H2. The fourth-order valence-corrected chi connectivity index (χ4v) is 3.09. The van der Waals surface area contributed by atoms with E-state index in [1.807, 2.05) is 0 Å². The highest BCUT2D eigenvalue weighted by Gasteiger charge is 2.17. The molecule has 3 rings (SSSR count). The molecule has 0 saturated carbocycles. The molecule has 1 aromatic carbocycles. The Balaban J connectivity index is 1.58. The first-order valence-electron chi connectivity index (χ1n) is 8.29. The van der Waals surface area contributed by atoms with Crippen LogP contribution in [0.15, 0.2) is 35.9 Å². The Hall–Kier alpha value is -1.36. The van der Waals surface area contributed by atoms with Crippen molar-refractivity contribution in [1.29, 1.82) is 0 Å². The Morgan fingerprint density at radius 3 is 2.82 bits per heavy atom. The van der Waals surface area contributed by atoms with E-state index in [-0.39, 0.29) is 6.10 Å². The minimum Gasteiger partial charge on any atom is -0.393 e. The van der Waals surface area contributed by atoms with E-state index in [4.69, 9.17) is 4.74 Å². The molecular weight excluding hydrogens is 276 g/mol. The summed E-state index contributed by atoms with van der Waals surface area (Å²) < 4.78 is 5.49. The zero-order valence-electron chi connectivity index (χ0n) is 13.1. The van der Waals surface area contributed by atoms with Crippen LogP contribution in [0.4, 0.5) is 5.69 Å². The normalized spacial score (nSPS) is 20.7. The van der Waals surface area contributed by atoms with Gasteiger partial charge < -0.3 is 15.2 Å². The van der Waals surface area contributed by atoms with Gasteiger partial charge in [-0.2, -0.15) is 0 Å². The van der Waals surface area contributed by atoms with Gasteiger partial charge >= 0.3 is 0 Å². The number of rotatable bonds is 5. The number of nitrogens with one attached hydrogen (secondary N) is 1. The Morgan fingerprint density at radius 1 is 1.23 bits per heavy atom. The van der Waals surface area contributed by atoms with E-state index >= 15 is 0 Å². The number of aliphatic hydroxyl groups excluding tert-OH is 1. The molecule has 1 aromatic rings. The smallest absolute Gasteiger partial charge is 0.0693 e. The average Bonchev–Trinajstić information content (AvgIpc) is 2.57. The van der Waals surface area contributed by atoms with Gasteiger partial charge in [0.2, 0.25) is 0 Å². The van der Waals surface area contributed by atoms with Gasteiger partial charge in [0.15, 0.2) is 0 Å². The number of para-hydroxylation sites is 1. The fraction of sp³-hybridized carbons (Fsp3) is 0.556. The third-order valence-corrected chi connectivity index (χ3v) is 4.46. The molecule has 0 aromatic heterocycles. The van der Waals surface area contributed by atoms with Crippen LogP contribution >= 0.6 is 0 Å². The van der Waals surface area contributed by atoms with Crippen LogP contribution in [-0.2, 0) is 11.3 Å². The summed E-state index contributed by atoms with van der Waals surface area (Å²) in [5, 5.41) is 13.2. The number of benzene rings is 1. The van der Waals surface area contributed by atoms with Crippen molar-refractivity contribution in [3.8, 4) is 0 Å². The van der Waals surface area contributed by atoms with E-state index in [1.54, 1.807) is 0 Å². The molecule has 120 valence electrons. The highest BCUT2D eigenvalue weighted by molar-refractivity contribution is 5.52. The summed E-state index contributed by atoms with van der Waals surface area (Å²) in [6, 6.07) is 8.53. The number of ether oxygens (including phenoxy) is 1. The zero-order chi connectivity index (χ0) is 15.2. The van der Waals surface area contributed by atoms with Crippen LogP contribution in [0.1, 0.15) is 24.8 Å². The summed E-state index contributed by atoms with van der Waals surface area (Å²) in [5.74, 6) is 0. The van der Waals surface area contributed by atoms with Crippen LogP contribution < -0.4 is 5.32 Å². The molecule has 0 radical (unpaired) electrons. The Morgan fingerprint density at radius 2 is 2.05 bits per heavy atom. The maximum atomic E-state index is 9.62. The van der Waals surface area contributed by atoms with Gasteiger partial charge in [-0.25, -0.2) is 0 Å². The lowest BCUT2D eigenvalue weighted by Crippen LogP contribution is -2.35. The number of hydrogen-bond acceptors (Lipinski definition) is 4. The van der Waals surface area contributed by atoms with Gasteiger partial charge in [0.05, 0.1) is 19.3 Å². The molecule has 0 amide bonds. The van der Waals surface area contributed by atoms with E-state index < -0.39 is 0 Å². The molecule has 22 heavy (non-hydrogen) atoms. The van der Waals surface area contributed by atoms with E-state index in [0.29, 0.717) is 0 Å². The van der Waals surface area contributed by atoms with Crippen LogP contribution in [0, 0.1) is 0 Å². The molecule has 2 heterocycles. The minimum absolute atomic E-state index is 0.108. The molecule has 4 heteroatoms. The molecule has 2 aliphatic heterocycles. The molecule has 1 fully saturated rings. The summed E-state index contributed by atoms with van der Waals surface area (Å²) in [4.78, 5) is 2.43. The first kappa shape index (κ1) is 15.5. The first-order valence-corrected chi connectivity index (χ1v) is 8.29. The van der Waals surface area contributed by atoms with Crippen molar-refractivity contribution in [2.24, 2.45) is 0 Å². The van der Waals surface area contributed by atoms with Crippen molar-refractivity contribution < 1.29 is 9.84 Å². The van der Waals surface area contributed by atoms with Crippen LogP contribution in [0.3, 0.4) is 0 Å². The maximum absolute atomic E-state index is 9.62. The molecule has 0 aliphatic carbocycles. The quantitative estimate of drug-likeness (QED) is 0.820. The molecule has 0 atom stereocenters. The van der Waals surface area contributed by atoms with Crippen molar-refractivity contribution in [2.75, 3.05) is 38.2 Å². The zero-order valence-corrected chi connectivity index (χ0v) is 13.1. The second kappa shape index (κ2) is 7.77. The predicted octanol–water partition coefficient (Wildman–Crippen LogP) is 2.40. The van der Waals surface area contributed by atoms with Gasteiger partial charge in [-0.05, 0) is 36.5 Å². The number of aliphatic hydroxyl groups is 1. The fourth-order valence-electron chi connectivity index (χ4n) is 3.09. The van der Waals surface area contributed by atoms with Crippen molar-refractivity contribution in [2.45, 2.75) is 31.9 Å². The van der Waals surface area contributed by atoms with Crippen LogP contribution in [-0.4, -0.2) is 49.0 Å². The Kier molecular flexibility index (Phi) is 5.48. The Labute approximate surface area is 132 Å². The van der Waals surface area contributed by atoms with E-state index in [9.17, 15) is 5.11 Å². The van der Waals surface area contributed by atoms with Gasteiger partial charge in [0, 0.05) is 31.9 Å². The third-order valence-electron chi connectivity index (χ3n) is 4.46. The van der Waals surface area contributed by atoms with Crippen LogP contribution in [0.5, 0.6) is 0 Å². The first-order chi connectivity index (χ1) is 10.8. The van der Waals surface area contributed by atoms with E-state index in [0.717, 1.165) is 58.7 Å². The second-order valence-electron chi connectivity index (χ2n) is 6.22. The summed E-state index contributed by atoms with van der Waals surface area (Å²) in [6.45, 7) is 5.37. The van der Waals surface area contributed by atoms with Crippen LogP contribution in [0.2, 0.25) is 0 Å². The summed E-state index contributed by atoms with van der Waals surface area (Å²) in [6.07, 6.45) is 4.97. The third kappa shape index (κ3) is 4.32. The lowest BCUT2D eigenvalue weighted by atomic mass is 10.1. The number of nitrogens with zero attached hydrogens (tertiary/aromatic N) is 1. The predicted molar refractivity (Wildman–Crippen MR) is 89.0 cm³/mol. The summed E-state index contributed by atoms with van der Waals surface area (Å²) >= 11 is 0. The molecule has 4 nitrogen and oxygen atoms in total. The van der Waals surface area contributed by atoms with Crippen molar-refractivity contribution >= 4 is 5.69 Å². The maximum Gasteiger partial charge on any atom is 0.0693 e. The largest absolute Gasteiger partial charge is 0.393 e. The SMILES string of the molecule is OC1CCN(Cc2ccccc2NCC2=CCCOC2)CC1. The number of hydrogen-bond donors (Lipinski definition) is 2. The highest BCUT2D eigenvalue weighted by atomic mass is 16.5. The molecule has 1 saturated heterocycles. The lowest BCUT2D eigenvalue weighted by molar-refractivity contribution is 0.0793. The number of piperidine rings is 1. The molecule has 2 N–H and O–H groups in total. The second-order valence-corrected chi connectivity index (χ2v) is 6.22. The summed E-state index contributed by atoms with van der Waals surface area (Å²) in [7, 11) is 0. The van der Waals surface area contributed by atoms with Gasteiger partial charge in [-0.3, -0.25) is 4.90 Å². The average molecular weight is 302 g/mol. The number of anilines is 1. The van der Waals surface area contributed by atoms with Crippen molar-refractivity contribution in [1.82, 2.24) is 4.90 Å². The highest BCUT2D eigenvalue weighted by Crippen LogP contribution is 2.20. The molecule has 2 aliphatic rings. The topological polar surface area (TPSA) is 44.7 Å². The lowest BCUT2D eigenvalue weighted by Gasteiger charge is -2.30.